The van der Waals surface area contributed by atoms with Crippen molar-refractivity contribution in [3.63, 3.8) is 0 Å². The normalized spacial score (nSPS) is 20.9. The van der Waals surface area contributed by atoms with E-state index in [0.717, 1.165) is 51.4 Å². The standard InChI is InChI=1S/C49H78O10/c1-3-5-7-9-11-13-15-17-19-21-23-25-27-29-31-33-35-37-44(51)56-40-42(41-57-49-48(55)47(54)46(53)43(39-50)59-49)58-45(52)38-36-34-32-30-28-26-24-22-20-18-16-14-12-10-8-6-4-2/h11-14,17-20,23-26,29-32,42-43,46-50,53-55H,3-10,15-16,21-22,27-28,33-41H2,1-2H3/b13-11-,14-12-,19-17-,20-18-,25-23-,26-24-,31-29-,32-30-/t42-,43-,46+,47+,48-,49-/m1/s1. The van der Waals surface area contributed by atoms with E-state index in [1.165, 1.54) is 38.5 Å². The summed E-state index contributed by atoms with van der Waals surface area (Å²) in [6, 6.07) is 0. The third kappa shape index (κ3) is 30.3. The van der Waals surface area contributed by atoms with Crippen molar-refractivity contribution in [3.05, 3.63) is 97.2 Å². The highest BCUT2D eigenvalue weighted by atomic mass is 16.7. The van der Waals surface area contributed by atoms with Crippen LogP contribution in [0.15, 0.2) is 97.2 Å². The van der Waals surface area contributed by atoms with Gasteiger partial charge in [0.15, 0.2) is 12.4 Å². The topological polar surface area (TPSA) is 152 Å². The summed E-state index contributed by atoms with van der Waals surface area (Å²) in [6.07, 6.45) is 44.2. The van der Waals surface area contributed by atoms with E-state index in [1.54, 1.807) is 0 Å². The fraction of sp³-hybridized carbons (Fsp3) is 0.633. The Morgan fingerprint density at radius 2 is 0.932 bits per heavy atom. The molecule has 10 heteroatoms. The van der Waals surface area contributed by atoms with Crippen LogP contribution in [0.2, 0.25) is 0 Å². The van der Waals surface area contributed by atoms with Crippen LogP contribution in [0.1, 0.15) is 142 Å². The monoisotopic (exact) mass is 827 g/mol. The van der Waals surface area contributed by atoms with E-state index >= 15 is 0 Å². The van der Waals surface area contributed by atoms with Crippen LogP contribution in [-0.4, -0.2) is 89.0 Å². The molecule has 59 heavy (non-hydrogen) atoms. The van der Waals surface area contributed by atoms with Gasteiger partial charge in [-0.3, -0.25) is 9.59 Å². The molecule has 10 nitrogen and oxygen atoms in total. The van der Waals surface area contributed by atoms with Gasteiger partial charge in [0.05, 0.1) is 13.2 Å². The number of hydrogen-bond donors (Lipinski definition) is 4. The molecule has 0 saturated carbocycles. The smallest absolute Gasteiger partial charge is 0.306 e. The van der Waals surface area contributed by atoms with Gasteiger partial charge in [0.25, 0.3) is 0 Å². The molecule has 0 aliphatic carbocycles. The number of unbranched alkanes of at least 4 members (excludes halogenated alkanes) is 8. The Morgan fingerprint density at radius 1 is 0.525 bits per heavy atom. The van der Waals surface area contributed by atoms with Crippen LogP contribution in [0.3, 0.4) is 0 Å². The van der Waals surface area contributed by atoms with E-state index in [1.807, 2.05) is 12.2 Å². The molecular weight excluding hydrogens is 749 g/mol. The Bertz CT molecular complexity index is 1280. The fourth-order valence-corrected chi connectivity index (χ4v) is 5.88. The predicted octanol–water partition coefficient (Wildman–Crippen LogP) is 9.55. The van der Waals surface area contributed by atoms with Gasteiger partial charge >= 0.3 is 11.9 Å². The minimum atomic E-state index is -1.62. The number of hydrogen-bond acceptors (Lipinski definition) is 10. The van der Waals surface area contributed by atoms with E-state index in [2.05, 4.69) is 98.9 Å². The van der Waals surface area contributed by atoms with Gasteiger partial charge in [-0.2, -0.15) is 0 Å². The van der Waals surface area contributed by atoms with Gasteiger partial charge in [-0.05, 0) is 89.9 Å². The number of aliphatic hydroxyl groups excluding tert-OH is 4. The van der Waals surface area contributed by atoms with Crippen molar-refractivity contribution in [2.45, 2.75) is 179 Å². The molecule has 0 aromatic heterocycles. The first kappa shape index (κ1) is 53.6. The van der Waals surface area contributed by atoms with Gasteiger partial charge in [-0.1, -0.05) is 137 Å². The quantitative estimate of drug-likeness (QED) is 0.0276. The van der Waals surface area contributed by atoms with Crippen molar-refractivity contribution < 1.29 is 49.0 Å². The number of esters is 2. The number of allylic oxidation sites excluding steroid dienone is 16. The summed E-state index contributed by atoms with van der Waals surface area (Å²) in [6.45, 7) is 3.23. The van der Waals surface area contributed by atoms with Gasteiger partial charge < -0.3 is 39.4 Å². The zero-order valence-corrected chi connectivity index (χ0v) is 36.2. The first-order chi connectivity index (χ1) is 28.8. The highest BCUT2D eigenvalue weighted by molar-refractivity contribution is 5.70. The summed E-state index contributed by atoms with van der Waals surface area (Å²) in [5.74, 6) is -0.949. The molecule has 1 heterocycles. The first-order valence-corrected chi connectivity index (χ1v) is 22.3. The van der Waals surface area contributed by atoms with Crippen molar-refractivity contribution in [1.29, 1.82) is 0 Å². The number of carbonyl (C=O) groups excluding carboxylic acids is 2. The lowest BCUT2D eigenvalue weighted by atomic mass is 9.99. The van der Waals surface area contributed by atoms with E-state index in [0.29, 0.717) is 25.7 Å². The maximum atomic E-state index is 12.7. The highest BCUT2D eigenvalue weighted by Crippen LogP contribution is 2.22. The molecule has 1 saturated heterocycles. The highest BCUT2D eigenvalue weighted by Gasteiger charge is 2.44. The summed E-state index contributed by atoms with van der Waals surface area (Å²) in [4.78, 5) is 25.3. The second-order valence-electron chi connectivity index (χ2n) is 14.8. The van der Waals surface area contributed by atoms with Crippen LogP contribution in [0.5, 0.6) is 0 Å². The Hall–Kier alpha value is -3.38. The van der Waals surface area contributed by atoms with Crippen LogP contribution in [0.4, 0.5) is 0 Å². The second-order valence-corrected chi connectivity index (χ2v) is 14.8. The average Bonchev–Trinajstić information content (AvgIpc) is 3.23. The van der Waals surface area contributed by atoms with Crippen LogP contribution in [-0.2, 0) is 28.5 Å². The number of ether oxygens (including phenoxy) is 4. The molecule has 1 fully saturated rings. The molecule has 0 unspecified atom stereocenters. The maximum Gasteiger partial charge on any atom is 0.306 e. The second kappa shape index (κ2) is 38.8. The van der Waals surface area contributed by atoms with Crippen LogP contribution >= 0.6 is 0 Å². The van der Waals surface area contributed by atoms with Gasteiger partial charge in [-0.25, -0.2) is 0 Å². The summed E-state index contributed by atoms with van der Waals surface area (Å²) in [7, 11) is 0. The Balaban J connectivity index is 2.44. The molecule has 4 N–H and O–H groups in total. The summed E-state index contributed by atoms with van der Waals surface area (Å²) >= 11 is 0. The molecular formula is C49H78O10. The van der Waals surface area contributed by atoms with Gasteiger partial charge in [0, 0.05) is 12.8 Å². The van der Waals surface area contributed by atoms with Crippen LogP contribution in [0.25, 0.3) is 0 Å². The van der Waals surface area contributed by atoms with Gasteiger partial charge in [-0.15, -0.1) is 0 Å². The molecule has 1 aliphatic rings. The van der Waals surface area contributed by atoms with Crippen molar-refractivity contribution in [2.75, 3.05) is 19.8 Å². The maximum absolute atomic E-state index is 12.7. The van der Waals surface area contributed by atoms with Gasteiger partial charge in [0.1, 0.15) is 31.0 Å². The molecule has 0 spiro atoms. The van der Waals surface area contributed by atoms with E-state index < -0.39 is 55.4 Å². The minimum absolute atomic E-state index is 0.137. The van der Waals surface area contributed by atoms with E-state index in [-0.39, 0.29) is 26.1 Å². The minimum Gasteiger partial charge on any atom is -0.462 e. The molecule has 0 amide bonds. The Kier molecular flexibility index (Phi) is 35.3. The van der Waals surface area contributed by atoms with Crippen molar-refractivity contribution in [1.82, 2.24) is 0 Å². The summed E-state index contributed by atoms with van der Waals surface area (Å²) in [5.41, 5.74) is 0. The average molecular weight is 827 g/mol. The zero-order valence-electron chi connectivity index (χ0n) is 36.2. The molecule has 0 radical (unpaired) electrons. The molecule has 1 rings (SSSR count). The van der Waals surface area contributed by atoms with Crippen molar-refractivity contribution in [2.24, 2.45) is 0 Å². The summed E-state index contributed by atoms with van der Waals surface area (Å²) < 4.78 is 22.0. The Morgan fingerprint density at radius 3 is 1.36 bits per heavy atom. The lowest BCUT2D eigenvalue weighted by molar-refractivity contribution is -0.305. The number of carbonyl (C=O) groups is 2. The largest absolute Gasteiger partial charge is 0.462 e. The zero-order chi connectivity index (χ0) is 43.0. The van der Waals surface area contributed by atoms with Crippen molar-refractivity contribution in [3.8, 4) is 0 Å². The van der Waals surface area contributed by atoms with Gasteiger partial charge in [0.2, 0.25) is 0 Å². The number of aliphatic hydroxyl groups is 4. The lowest BCUT2D eigenvalue weighted by Crippen LogP contribution is -2.59. The molecule has 0 aromatic carbocycles. The molecule has 1 aliphatic heterocycles. The first-order valence-electron chi connectivity index (χ1n) is 22.3. The van der Waals surface area contributed by atoms with Crippen LogP contribution < -0.4 is 0 Å². The third-order valence-corrected chi connectivity index (χ3v) is 9.44. The summed E-state index contributed by atoms with van der Waals surface area (Å²) in [5, 5.41) is 40.1. The lowest BCUT2D eigenvalue weighted by Gasteiger charge is -2.39. The fourth-order valence-electron chi connectivity index (χ4n) is 5.88. The van der Waals surface area contributed by atoms with E-state index in [9.17, 15) is 30.0 Å². The molecule has 0 bridgehead atoms. The molecule has 6 atom stereocenters. The van der Waals surface area contributed by atoms with Crippen molar-refractivity contribution >= 4 is 11.9 Å². The third-order valence-electron chi connectivity index (χ3n) is 9.44. The van der Waals surface area contributed by atoms with E-state index in [4.69, 9.17) is 18.9 Å². The number of rotatable bonds is 35. The predicted molar refractivity (Wildman–Crippen MR) is 237 cm³/mol. The van der Waals surface area contributed by atoms with Crippen LogP contribution in [0, 0.1) is 0 Å². The Labute approximate surface area is 356 Å². The molecule has 0 aromatic rings. The SMILES string of the molecule is CCCCC/C=C\C/C=C\C/C=C\C/C=C\CCCC(=O)OC[C@H](CO[C@@H]1O[C@H](CO)[C@H](O)[C@H](O)[C@H]1O)OC(=O)CCC/C=C\C/C=C\C/C=C\C/C=C\CCCCC. The molecule has 334 valence electrons.